The topological polar surface area (TPSA) is 57.5 Å². The quantitative estimate of drug-likeness (QED) is 0.665. The van der Waals surface area contributed by atoms with Gasteiger partial charge in [-0.3, -0.25) is 0 Å². The maximum atomic E-state index is 10.5. The molecule has 3 heteroatoms. The summed E-state index contributed by atoms with van der Waals surface area (Å²) in [5.41, 5.74) is -0.434. The van der Waals surface area contributed by atoms with Crippen molar-refractivity contribution in [2.45, 2.75) is 39.2 Å². The van der Waals surface area contributed by atoms with Crippen LogP contribution < -0.4 is 0 Å². The number of carboxylic acids is 1. The van der Waals surface area contributed by atoms with Crippen LogP contribution in [-0.2, 0) is 4.79 Å². The van der Waals surface area contributed by atoms with E-state index in [1.54, 1.807) is 6.08 Å². The number of aliphatic carboxylic acids is 1. The molecule has 0 heterocycles. The van der Waals surface area contributed by atoms with Gasteiger partial charge in [0, 0.05) is 6.42 Å². The highest BCUT2D eigenvalue weighted by molar-refractivity contribution is 5.76. The first-order valence-corrected chi connectivity index (χ1v) is 4.62. The first-order valence-electron chi connectivity index (χ1n) is 4.62. The Kier molecular flexibility index (Phi) is 5.16. The van der Waals surface area contributed by atoms with Crippen LogP contribution in [0, 0.1) is 0 Å². The Morgan fingerprint density at radius 1 is 1.43 bits per heavy atom. The van der Waals surface area contributed by atoms with Gasteiger partial charge in [-0.15, -0.1) is 0 Å². The summed E-state index contributed by atoms with van der Waals surface area (Å²) in [5, 5.41) is 17.9. The van der Waals surface area contributed by atoms with Gasteiger partial charge in [0.1, 0.15) is 0 Å². The Morgan fingerprint density at radius 3 is 2.43 bits per heavy atom. The molecule has 0 fully saturated rings. The fraction of sp³-hybridized carbons (Fsp3) is 0.545. The molecule has 0 spiro atoms. The second-order valence-corrected chi connectivity index (χ2v) is 3.59. The van der Waals surface area contributed by atoms with Gasteiger partial charge in [0.15, 0.2) is 5.60 Å². The van der Waals surface area contributed by atoms with E-state index in [4.69, 9.17) is 5.11 Å². The van der Waals surface area contributed by atoms with E-state index in [0.717, 1.165) is 6.42 Å². The summed E-state index contributed by atoms with van der Waals surface area (Å²) in [6.45, 7) is 5.25. The summed E-state index contributed by atoms with van der Waals surface area (Å²) in [5.74, 6) is -1.19. The van der Waals surface area contributed by atoms with Crippen LogP contribution in [0.3, 0.4) is 0 Å². The number of carboxylic acid groups (broad SMARTS) is 1. The second kappa shape index (κ2) is 5.60. The number of carbonyl (C=O) groups is 1. The Hall–Kier alpha value is -1.09. The lowest BCUT2D eigenvalue weighted by atomic mass is 10.0. The normalized spacial score (nSPS) is 17.0. The van der Waals surface area contributed by atoms with Crippen molar-refractivity contribution in [3.8, 4) is 0 Å². The van der Waals surface area contributed by atoms with E-state index in [2.05, 4.69) is 0 Å². The van der Waals surface area contributed by atoms with Crippen molar-refractivity contribution in [3.05, 3.63) is 23.8 Å². The Labute approximate surface area is 84.8 Å². The minimum absolute atomic E-state index is 0.138. The van der Waals surface area contributed by atoms with Crippen LogP contribution >= 0.6 is 0 Å². The maximum Gasteiger partial charge on any atom is 0.335 e. The number of rotatable bonds is 5. The lowest BCUT2D eigenvalue weighted by Gasteiger charge is -2.14. The molecule has 0 saturated heterocycles. The number of aliphatic hydroxyl groups is 1. The van der Waals surface area contributed by atoms with Crippen molar-refractivity contribution < 1.29 is 15.0 Å². The van der Waals surface area contributed by atoms with Crippen LogP contribution in [0.1, 0.15) is 33.6 Å². The van der Waals surface area contributed by atoms with Crippen molar-refractivity contribution in [1.82, 2.24) is 0 Å². The predicted molar refractivity (Wildman–Crippen MR) is 56.1 cm³/mol. The molecule has 0 aliphatic carbocycles. The van der Waals surface area contributed by atoms with Crippen molar-refractivity contribution in [3.63, 3.8) is 0 Å². The van der Waals surface area contributed by atoms with Crippen molar-refractivity contribution >= 4 is 5.97 Å². The molecule has 0 aromatic heterocycles. The Morgan fingerprint density at radius 2 is 2.00 bits per heavy atom. The van der Waals surface area contributed by atoms with Crippen LogP contribution in [0.4, 0.5) is 0 Å². The molecule has 2 N–H and O–H groups in total. The maximum absolute atomic E-state index is 10.5. The van der Waals surface area contributed by atoms with Crippen LogP contribution in [0.15, 0.2) is 23.8 Å². The first kappa shape index (κ1) is 12.9. The SMILES string of the molecule is C/C=C(\C)C/C=C\C[C@@](C)(O)C(=O)O. The van der Waals surface area contributed by atoms with E-state index in [9.17, 15) is 9.90 Å². The van der Waals surface area contributed by atoms with E-state index in [1.165, 1.54) is 12.5 Å². The molecular weight excluding hydrogens is 180 g/mol. The molecule has 1 atom stereocenters. The molecule has 3 nitrogen and oxygen atoms in total. The molecule has 0 amide bonds. The van der Waals surface area contributed by atoms with Gasteiger partial charge in [-0.2, -0.15) is 0 Å². The smallest absolute Gasteiger partial charge is 0.335 e. The van der Waals surface area contributed by atoms with Gasteiger partial charge in [0.25, 0.3) is 0 Å². The van der Waals surface area contributed by atoms with E-state index >= 15 is 0 Å². The summed E-state index contributed by atoms with van der Waals surface area (Å²) in [6.07, 6.45) is 6.50. The summed E-state index contributed by atoms with van der Waals surface area (Å²) >= 11 is 0. The van der Waals surface area contributed by atoms with E-state index in [0.29, 0.717) is 0 Å². The summed E-state index contributed by atoms with van der Waals surface area (Å²) in [7, 11) is 0. The zero-order valence-electron chi connectivity index (χ0n) is 8.95. The van der Waals surface area contributed by atoms with Crippen molar-refractivity contribution in [1.29, 1.82) is 0 Å². The van der Waals surface area contributed by atoms with Gasteiger partial charge in [-0.1, -0.05) is 23.8 Å². The van der Waals surface area contributed by atoms with Crippen LogP contribution in [0.5, 0.6) is 0 Å². The monoisotopic (exact) mass is 198 g/mol. The van der Waals surface area contributed by atoms with Crippen molar-refractivity contribution in [2.75, 3.05) is 0 Å². The van der Waals surface area contributed by atoms with Gasteiger partial charge in [0.2, 0.25) is 0 Å². The van der Waals surface area contributed by atoms with E-state index < -0.39 is 11.6 Å². The third-order valence-electron chi connectivity index (χ3n) is 2.08. The molecule has 0 bridgehead atoms. The third-order valence-corrected chi connectivity index (χ3v) is 2.08. The number of hydrogen-bond donors (Lipinski definition) is 2. The van der Waals surface area contributed by atoms with Gasteiger partial charge in [0.05, 0.1) is 0 Å². The first-order chi connectivity index (χ1) is 6.40. The van der Waals surface area contributed by atoms with Crippen LogP contribution in [0.2, 0.25) is 0 Å². The average molecular weight is 198 g/mol. The van der Waals surface area contributed by atoms with E-state index in [1.807, 2.05) is 26.0 Å². The molecule has 0 aromatic carbocycles. The second-order valence-electron chi connectivity index (χ2n) is 3.59. The van der Waals surface area contributed by atoms with Gasteiger partial charge in [-0.05, 0) is 27.2 Å². The summed E-state index contributed by atoms with van der Waals surface area (Å²) in [6, 6.07) is 0. The molecule has 0 aliphatic heterocycles. The molecule has 0 unspecified atom stereocenters. The highest BCUT2D eigenvalue weighted by atomic mass is 16.4. The Balaban J connectivity index is 4.00. The van der Waals surface area contributed by atoms with Gasteiger partial charge < -0.3 is 10.2 Å². The number of allylic oxidation sites excluding steroid dienone is 3. The average Bonchev–Trinajstić information content (AvgIpc) is 2.11. The summed E-state index contributed by atoms with van der Waals surface area (Å²) in [4.78, 5) is 10.5. The zero-order valence-corrected chi connectivity index (χ0v) is 8.95. The molecule has 0 aliphatic rings. The predicted octanol–water partition coefficient (Wildman–Crippen LogP) is 2.12. The third kappa shape index (κ3) is 4.82. The molecule has 0 rings (SSSR count). The molecule has 14 heavy (non-hydrogen) atoms. The van der Waals surface area contributed by atoms with Crippen LogP contribution in [-0.4, -0.2) is 21.8 Å². The van der Waals surface area contributed by atoms with E-state index in [-0.39, 0.29) is 6.42 Å². The summed E-state index contributed by atoms with van der Waals surface area (Å²) < 4.78 is 0. The Bertz CT molecular complexity index is 249. The van der Waals surface area contributed by atoms with Gasteiger partial charge in [-0.25, -0.2) is 4.79 Å². The number of hydrogen-bond acceptors (Lipinski definition) is 2. The zero-order chi connectivity index (χ0) is 11.2. The molecular formula is C11H18O3. The van der Waals surface area contributed by atoms with Crippen molar-refractivity contribution in [2.24, 2.45) is 0 Å². The lowest BCUT2D eigenvalue weighted by molar-refractivity contribution is -0.156. The highest BCUT2D eigenvalue weighted by Gasteiger charge is 2.27. The van der Waals surface area contributed by atoms with Gasteiger partial charge >= 0.3 is 5.97 Å². The standard InChI is InChI=1S/C11H18O3/c1-4-9(2)7-5-6-8-11(3,14)10(12)13/h4-6,14H,7-8H2,1-3H3,(H,12,13)/b6-5-,9-4+/t11-/m1/s1. The highest BCUT2D eigenvalue weighted by Crippen LogP contribution is 2.11. The fourth-order valence-electron chi connectivity index (χ4n) is 0.787. The largest absolute Gasteiger partial charge is 0.479 e. The lowest BCUT2D eigenvalue weighted by Crippen LogP contribution is -2.33. The van der Waals surface area contributed by atoms with Crippen LogP contribution in [0.25, 0.3) is 0 Å². The minimum Gasteiger partial charge on any atom is -0.479 e. The molecule has 0 aromatic rings. The molecule has 0 saturated carbocycles. The fourth-order valence-corrected chi connectivity index (χ4v) is 0.787. The minimum atomic E-state index is -1.65. The molecule has 0 radical (unpaired) electrons. The molecule has 80 valence electrons.